The summed E-state index contributed by atoms with van der Waals surface area (Å²) >= 11 is 0. The summed E-state index contributed by atoms with van der Waals surface area (Å²) in [6.45, 7) is 16.2. The van der Waals surface area contributed by atoms with E-state index in [-0.39, 0.29) is 1.43 Å². The number of rotatable bonds is 5. The lowest BCUT2D eigenvalue weighted by molar-refractivity contribution is 0.665. The van der Waals surface area contributed by atoms with Gasteiger partial charge in [0.2, 0.25) is 0 Å². The molecule has 0 aromatic heterocycles. The van der Waals surface area contributed by atoms with Crippen LogP contribution in [-0.2, 0) is 0 Å². The Bertz CT molecular complexity index is 77.3. The van der Waals surface area contributed by atoms with Crippen LogP contribution in [0, 0.1) is 0 Å². The highest BCUT2D eigenvalue weighted by Gasteiger charge is 1.86. The SMILES string of the molecule is C=C(C)CCCCCC.CC.CC.[HH]. The fourth-order valence-corrected chi connectivity index (χ4v) is 0.854. The van der Waals surface area contributed by atoms with Gasteiger partial charge in [-0.3, -0.25) is 0 Å². The Morgan fingerprint density at radius 3 is 1.77 bits per heavy atom. The van der Waals surface area contributed by atoms with Gasteiger partial charge in [-0.25, -0.2) is 0 Å². The Morgan fingerprint density at radius 2 is 1.46 bits per heavy atom. The second-order valence-electron chi connectivity index (χ2n) is 2.77. The summed E-state index contributed by atoms with van der Waals surface area (Å²) in [6.07, 6.45) is 6.65. The zero-order chi connectivity index (χ0) is 11.1. The molecule has 0 aromatic carbocycles. The first-order valence-corrected chi connectivity index (χ1v) is 5.91. The molecular formula is C13H32. The summed E-state index contributed by atoms with van der Waals surface area (Å²) in [5, 5.41) is 0. The van der Waals surface area contributed by atoms with E-state index >= 15 is 0 Å². The first-order chi connectivity index (χ1) is 6.27. The third-order valence-corrected chi connectivity index (χ3v) is 1.46. The van der Waals surface area contributed by atoms with Crippen LogP contribution in [0.5, 0.6) is 0 Å². The van der Waals surface area contributed by atoms with Crippen LogP contribution < -0.4 is 0 Å². The van der Waals surface area contributed by atoms with E-state index in [1.54, 1.807) is 0 Å². The van der Waals surface area contributed by atoms with Gasteiger partial charge in [0.05, 0.1) is 0 Å². The van der Waals surface area contributed by atoms with Crippen LogP contribution in [0.1, 0.15) is 75.1 Å². The molecule has 0 bridgehead atoms. The maximum Gasteiger partial charge on any atom is 0 e. The van der Waals surface area contributed by atoms with Gasteiger partial charge >= 0.3 is 0 Å². The zero-order valence-corrected chi connectivity index (χ0v) is 10.7. The summed E-state index contributed by atoms with van der Waals surface area (Å²) < 4.78 is 0. The Kier molecular flexibility index (Phi) is 32.2. The number of hydrogen-bond donors (Lipinski definition) is 0. The topological polar surface area (TPSA) is 0 Å². The molecular weight excluding hydrogens is 156 g/mol. The first-order valence-electron chi connectivity index (χ1n) is 5.91. The number of hydrogen-bond acceptors (Lipinski definition) is 0. The number of allylic oxidation sites excluding steroid dienone is 1. The average Bonchev–Trinajstić information content (AvgIpc) is 2.19. The summed E-state index contributed by atoms with van der Waals surface area (Å²) in [5.41, 5.74) is 1.33. The Hall–Kier alpha value is -0.260. The molecule has 0 radical (unpaired) electrons. The molecule has 0 aliphatic heterocycles. The van der Waals surface area contributed by atoms with Crippen molar-refractivity contribution >= 4 is 0 Å². The normalized spacial score (nSPS) is 7.54. The monoisotopic (exact) mass is 188 g/mol. The van der Waals surface area contributed by atoms with Gasteiger partial charge in [-0.2, -0.15) is 0 Å². The van der Waals surface area contributed by atoms with Gasteiger partial charge in [0.1, 0.15) is 0 Å². The van der Waals surface area contributed by atoms with Gasteiger partial charge in [0, 0.05) is 1.43 Å². The van der Waals surface area contributed by atoms with Crippen molar-refractivity contribution in [3.63, 3.8) is 0 Å². The van der Waals surface area contributed by atoms with Crippen molar-refractivity contribution < 1.29 is 1.43 Å². The van der Waals surface area contributed by atoms with E-state index in [9.17, 15) is 0 Å². The largest absolute Gasteiger partial charge is 0.100 e. The average molecular weight is 188 g/mol. The molecule has 0 fully saturated rings. The molecule has 0 nitrogen and oxygen atoms in total. The number of unbranched alkanes of at least 4 members (excludes halogenated alkanes) is 3. The van der Waals surface area contributed by atoms with E-state index in [0.717, 1.165) is 0 Å². The maximum atomic E-state index is 3.85. The molecule has 13 heavy (non-hydrogen) atoms. The predicted molar refractivity (Wildman–Crippen MR) is 68.4 cm³/mol. The molecule has 0 atom stereocenters. The van der Waals surface area contributed by atoms with Gasteiger partial charge in [0.15, 0.2) is 0 Å². The molecule has 0 saturated carbocycles. The molecule has 0 aliphatic carbocycles. The van der Waals surface area contributed by atoms with Gasteiger partial charge in [-0.05, 0) is 19.8 Å². The maximum absolute atomic E-state index is 3.85. The summed E-state index contributed by atoms with van der Waals surface area (Å²) in [6, 6.07) is 0. The molecule has 84 valence electrons. The molecule has 0 rings (SSSR count). The Balaban J connectivity index is -0.0000000883. The van der Waals surface area contributed by atoms with Crippen LogP contribution in [0.2, 0.25) is 0 Å². The smallest absolute Gasteiger partial charge is 0 e. The lowest BCUT2D eigenvalue weighted by Crippen LogP contribution is -1.76. The van der Waals surface area contributed by atoms with Crippen LogP contribution in [0.4, 0.5) is 0 Å². The highest BCUT2D eigenvalue weighted by Crippen LogP contribution is 2.06. The van der Waals surface area contributed by atoms with Crippen molar-refractivity contribution in [1.82, 2.24) is 0 Å². The standard InChI is InChI=1S/C9H18.2C2H6.H2/c1-4-5-6-7-8-9(2)3;2*1-2;/h2,4-8H2,1,3H3;2*1-2H3;1H. The van der Waals surface area contributed by atoms with Crippen molar-refractivity contribution in [1.29, 1.82) is 0 Å². The predicted octanol–water partition coefficient (Wildman–Crippen LogP) is 5.83. The molecule has 0 amide bonds. The lowest BCUT2D eigenvalue weighted by atomic mass is 10.1. The molecule has 0 heterocycles. The Morgan fingerprint density at radius 1 is 1.00 bits per heavy atom. The van der Waals surface area contributed by atoms with Crippen LogP contribution in [0.15, 0.2) is 12.2 Å². The van der Waals surface area contributed by atoms with Gasteiger partial charge in [-0.1, -0.05) is 59.5 Å². The molecule has 0 aromatic rings. The lowest BCUT2D eigenvalue weighted by Gasteiger charge is -1.96. The van der Waals surface area contributed by atoms with E-state index in [4.69, 9.17) is 0 Å². The van der Waals surface area contributed by atoms with E-state index in [0.29, 0.717) is 0 Å². The highest BCUT2D eigenvalue weighted by molar-refractivity contribution is 4.86. The van der Waals surface area contributed by atoms with Crippen molar-refractivity contribution in [2.75, 3.05) is 0 Å². The minimum Gasteiger partial charge on any atom is -0.100 e. The zero-order valence-electron chi connectivity index (χ0n) is 10.7. The molecule has 0 spiro atoms. The third-order valence-electron chi connectivity index (χ3n) is 1.46. The third kappa shape index (κ3) is 33.8. The summed E-state index contributed by atoms with van der Waals surface area (Å²) in [7, 11) is 0. The quantitative estimate of drug-likeness (QED) is 0.376. The minimum atomic E-state index is 0. The van der Waals surface area contributed by atoms with Gasteiger partial charge in [0.25, 0.3) is 0 Å². The molecule has 0 saturated heterocycles. The van der Waals surface area contributed by atoms with E-state index < -0.39 is 0 Å². The van der Waals surface area contributed by atoms with E-state index in [1.165, 1.54) is 37.7 Å². The second-order valence-corrected chi connectivity index (χ2v) is 2.77. The highest BCUT2D eigenvalue weighted by atomic mass is 13.9. The summed E-state index contributed by atoms with van der Waals surface area (Å²) in [5.74, 6) is 0. The summed E-state index contributed by atoms with van der Waals surface area (Å²) in [4.78, 5) is 0. The molecule has 0 N–H and O–H groups in total. The second kappa shape index (κ2) is 22.6. The molecule has 0 aliphatic rings. The van der Waals surface area contributed by atoms with Gasteiger partial charge in [-0.15, -0.1) is 6.58 Å². The van der Waals surface area contributed by atoms with Crippen LogP contribution in [-0.4, -0.2) is 0 Å². The van der Waals surface area contributed by atoms with Crippen LogP contribution in [0.3, 0.4) is 0 Å². The van der Waals surface area contributed by atoms with Crippen LogP contribution >= 0.6 is 0 Å². The minimum absolute atomic E-state index is 0. The molecule has 0 heteroatoms. The van der Waals surface area contributed by atoms with E-state index in [2.05, 4.69) is 20.4 Å². The van der Waals surface area contributed by atoms with Crippen molar-refractivity contribution in [3.8, 4) is 0 Å². The van der Waals surface area contributed by atoms with Gasteiger partial charge < -0.3 is 0 Å². The van der Waals surface area contributed by atoms with Crippen molar-refractivity contribution in [3.05, 3.63) is 12.2 Å². The first kappa shape index (κ1) is 18.5. The Labute approximate surface area is 87.9 Å². The van der Waals surface area contributed by atoms with Crippen molar-refractivity contribution in [2.24, 2.45) is 0 Å². The van der Waals surface area contributed by atoms with E-state index in [1.807, 2.05) is 27.7 Å². The van der Waals surface area contributed by atoms with Crippen molar-refractivity contribution in [2.45, 2.75) is 73.6 Å². The fourth-order valence-electron chi connectivity index (χ4n) is 0.854. The van der Waals surface area contributed by atoms with Crippen LogP contribution in [0.25, 0.3) is 0 Å². The fraction of sp³-hybridized carbons (Fsp3) is 0.846. The molecule has 0 unspecified atom stereocenters.